The number of thiophene rings is 1. The molecule has 2 rings (SSSR count). The van der Waals surface area contributed by atoms with E-state index in [0.717, 1.165) is 0 Å². The fourth-order valence-corrected chi connectivity index (χ4v) is 3.10. The van der Waals surface area contributed by atoms with Gasteiger partial charge in [0.15, 0.2) is 0 Å². The van der Waals surface area contributed by atoms with Crippen LogP contribution in [0, 0.1) is 5.92 Å². The van der Waals surface area contributed by atoms with Crippen molar-refractivity contribution < 1.29 is 24.2 Å². The maximum atomic E-state index is 12.5. The van der Waals surface area contributed by atoms with Crippen molar-refractivity contribution in [1.82, 2.24) is 4.90 Å². The summed E-state index contributed by atoms with van der Waals surface area (Å²) in [5, 5.41) is 10.9. The first-order valence-corrected chi connectivity index (χ1v) is 7.20. The van der Waals surface area contributed by atoms with Gasteiger partial charge in [0.1, 0.15) is 11.7 Å². The number of likely N-dealkylation sites (N-methyl/N-ethyl adjacent to an activating group) is 1. The number of rotatable bonds is 5. The van der Waals surface area contributed by atoms with Crippen LogP contribution >= 0.6 is 11.3 Å². The van der Waals surface area contributed by atoms with Gasteiger partial charge in [-0.25, -0.2) is 0 Å². The van der Waals surface area contributed by atoms with Crippen LogP contribution in [0.1, 0.15) is 16.6 Å². The van der Waals surface area contributed by atoms with E-state index in [0.29, 0.717) is 17.2 Å². The Bertz CT molecular complexity index is 501. The molecular weight excluding hydrogens is 282 g/mol. The van der Waals surface area contributed by atoms with Gasteiger partial charge < -0.3 is 19.5 Å². The normalized spacial score (nSPS) is 21.7. The Balaban J connectivity index is 2.18. The summed E-state index contributed by atoms with van der Waals surface area (Å²) in [6.07, 6.45) is 0. The van der Waals surface area contributed by atoms with Crippen LogP contribution in [-0.2, 0) is 9.53 Å². The zero-order valence-corrected chi connectivity index (χ0v) is 12.2. The second kappa shape index (κ2) is 6.23. The van der Waals surface area contributed by atoms with Gasteiger partial charge in [0.2, 0.25) is 0 Å². The summed E-state index contributed by atoms with van der Waals surface area (Å²) in [5.74, 6) is -1.14. The number of nitrogens with zero attached hydrogens (tertiary/aromatic N) is 1. The highest BCUT2D eigenvalue weighted by atomic mass is 32.1. The van der Waals surface area contributed by atoms with E-state index in [1.807, 2.05) is 6.92 Å². The Labute approximate surface area is 120 Å². The van der Waals surface area contributed by atoms with E-state index >= 15 is 0 Å². The number of aliphatic carboxylic acids is 1. The molecule has 1 amide bonds. The average molecular weight is 299 g/mol. The van der Waals surface area contributed by atoms with E-state index in [1.54, 1.807) is 23.5 Å². The maximum absolute atomic E-state index is 12.5. The monoisotopic (exact) mass is 299 g/mol. The van der Waals surface area contributed by atoms with Crippen molar-refractivity contribution in [2.45, 2.75) is 13.0 Å². The lowest BCUT2D eigenvalue weighted by Gasteiger charge is -2.28. The lowest BCUT2D eigenvalue weighted by Crippen LogP contribution is -2.46. The Morgan fingerprint density at radius 1 is 1.55 bits per heavy atom. The van der Waals surface area contributed by atoms with Crippen molar-refractivity contribution in [2.75, 3.05) is 26.9 Å². The number of ether oxygens (including phenoxy) is 2. The van der Waals surface area contributed by atoms with Gasteiger partial charge in [0.05, 0.1) is 31.2 Å². The van der Waals surface area contributed by atoms with Crippen LogP contribution in [0.4, 0.5) is 0 Å². The predicted octanol–water partition coefficient (Wildman–Crippen LogP) is 1.32. The SMILES string of the molecule is CCN(C(=O)c1cc(OC)cs1)C1COCC1C(=O)O. The largest absolute Gasteiger partial charge is 0.496 e. The molecule has 2 atom stereocenters. The number of hydrogen-bond acceptors (Lipinski definition) is 5. The number of carboxylic acids is 1. The summed E-state index contributed by atoms with van der Waals surface area (Å²) in [5.41, 5.74) is 0. The highest BCUT2D eigenvalue weighted by Crippen LogP contribution is 2.26. The summed E-state index contributed by atoms with van der Waals surface area (Å²) >= 11 is 1.29. The molecule has 1 saturated heterocycles. The number of carboxylic acid groups (broad SMARTS) is 1. The standard InChI is InChI=1S/C13H17NO5S/c1-3-14(10-6-19-5-9(10)13(16)17)12(15)11-4-8(18-2)7-20-11/h4,7,9-10H,3,5-6H2,1-2H3,(H,16,17). The Morgan fingerprint density at radius 3 is 2.85 bits per heavy atom. The summed E-state index contributed by atoms with van der Waals surface area (Å²) < 4.78 is 10.3. The second-order valence-electron chi connectivity index (χ2n) is 4.49. The quantitative estimate of drug-likeness (QED) is 0.887. The third-order valence-electron chi connectivity index (χ3n) is 3.39. The van der Waals surface area contributed by atoms with Crippen molar-refractivity contribution in [3.8, 4) is 5.75 Å². The number of hydrogen-bond donors (Lipinski definition) is 1. The molecule has 20 heavy (non-hydrogen) atoms. The van der Waals surface area contributed by atoms with Gasteiger partial charge >= 0.3 is 5.97 Å². The van der Waals surface area contributed by atoms with Crippen molar-refractivity contribution in [1.29, 1.82) is 0 Å². The first kappa shape index (κ1) is 14.8. The highest BCUT2D eigenvalue weighted by molar-refractivity contribution is 7.12. The molecule has 110 valence electrons. The van der Waals surface area contributed by atoms with E-state index in [2.05, 4.69) is 0 Å². The summed E-state index contributed by atoms with van der Waals surface area (Å²) in [4.78, 5) is 25.8. The minimum Gasteiger partial charge on any atom is -0.496 e. The molecule has 0 aliphatic carbocycles. The Hall–Kier alpha value is -1.60. The fourth-order valence-electron chi connectivity index (χ4n) is 2.29. The molecule has 2 unspecified atom stereocenters. The van der Waals surface area contributed by atoms with Crippen LogP contribution in [0.25, 0.3) is 0 Å². The third-order valence-corrected chi connectivity index (χ3v) is 4.29. The molecule has 1 aliphatic heterocycles. The zero-order chi connectivity index (χ0) is 14.7. The predicted molar refractivity (Wildman–Crippen MR) is 73.3 cm³/mol. The smallest absolute Gasteiger partial charge is 0.311 e. The molecule has 6 nitrogen and oxygen atoms in total. The minimum absolute atomic E-state index is 0.150. The van der Waals surface area contributed by atoms with Crippen molar-refractivity contribution >= 4 is 23.2 Å². The fraction of sp³-hybridized carbons (Fsp3) is 0.538. The Morgan fingerprint density at radius 2 is 2.30 bits per heavy atom. The molecule has 2 heterocycles. The number of carbonyl (C=O) groups is 2. The first-order valence-electron chi connectivity index (χ1n) is 6.32. The lowest BCUT2D eigenvalue weighted by atomic mass is 10.0. The highest BCUT2D eigenvalue weighted by Gasteiger charge is 2.39. The van der Waals surface area contributed by atoms with Gasteiger partial charge in [-0.3, -0.25) is 9.59 Å². The van der Waals surface area contributed by atoms with Gasteiger partial charge in [0, 0.05) is 18.0 Å². The summed E-state index contributed by atoms with van der Waals surface area (Å²) in [6.45, 7) is 2.69. The molecule has 0 bridgehead atoms. The zero-order valence-electron chi connectivity index (χ0n) is 11.4. The van der Waals surface area contributed by atoms with Gasteiger partial charge in [-0.2, -0.15) is 0 Å². The summed E-state index contributed by atoms with van der Waals surface area (Å²) in [7, 11) is 1.54. The molecule has 1 fully saturated rings. The van der Waals surface area contributed by atoms with Gasteiger partial charge in [-0.05, 0) is 6.92 Å². The number of methoxy groups -OCH3 is 1. The van der Waals surface area contributed by atoms with Crippen LogP contribution < -0.4 is 4.74 Å². The molecule has 0 spiro atoms. The van der Waals surface area contributed by atoms with Gasteiger partial charge in [-0.1, -0.05) is 0 Å². The topological polar surface area (TPSA) is 76.1 Å². The molecule has 0 saturated carbocycles. The van der Waals surface area contributed by atoms with Crippen LogP contribution in [0.2, 0.25) is 0 Å². The van der Waals surface area contributed by atoms with Crippen LogP contribution in [-0.4, -0.2) is 54.8 Å². The molecular formula is C13H17NO5S. The average Bonchev–Trinajstić information content (AvgIpc) is 3.08. The van der Waals surface area contributed by atoms with Crippen molar-refractivity contribution in [3.05, 3.63) is 16.3 Å². The third kappa shape index (κ3) is 2.78. The van der Waals surface area contributed by atoms with E-state index in [-0.39, 0.29) is 19.1 Å². The van der Waals surface area contributed by atoms with E-state index < -0.39 is 17.9 Å². The number of amides is 1. The molecule has 0 aromatic carbocycles. The molecule has 0 radical (unpaired) electrons. The molecule has 7 heteroatoms. The minimum atomic E-state index is -0.928. The maximum Gasteiger partial charge on any atom is 0.311 e. The van der Waals surface area contributed by atoms with Crippen molar-refractivity contribution in [2.24, 2.45) is 5.92 Å². The van der Waals surface area contributed by atoms with Gasteiger partial charge in [0.25, 0.3) is 5.91 Å². The first-order chi connectivity index (χ1) is 9.58. The van der Waals surface area contributed by atoms with E-state index in [4.69, 9.17) is 9.47 Å². The van der Waals surface area contributed by atoms with Crippen LogP contribution in [0.5, 0.6) is 5.75 Å². The van der Waals surface area contributed by atoms with Crippen LogP contribution in [0.3, 0.4) is 0 Å². The molecule has 1 N–H and O–H groups in total. The second-order valence-corrected chi connectivity index (χ2v) is 5.40. The van der Waals surface area contributed by atoms with Crippen LogP contribution in [0.15, 0.2) is 11.4 Å². The van der Waals surface area contributed by atoms with E-state index in [9.17, 15) is 14.7 Å². The van der Waals surface area contributed by atoms with E-state index in [1.165, 1.54) is 11.3 Å². The molecule has 1 aliphatic rings. The molecule has 1 aromatic rings. The Kier molecular flexibility index (Phi) is 4.61. The molecule has 1 aromatic heterocycles. The van der Waals surface area contributed by atoms with Gasteiger partial charge in [-0.15, -0.1) is 11.3 Å². The van der Waals surface area contributed by atoms with Crippen molar-refractivity contribution in [3.63, 3.8) is 0 Å². The lowest BCUT2D eigenvalue weighted by molar-refractivity contribution is -0.142. The summed E-state index contributed by atoms with van der Waals surface area (Å²) in [6, 6.07) is 1.25. The number of carbonyl (C=O) groups excluding carboxylic acids is 1.